The van der Waals surface area contributed by atoms with E-state index in [9.17, 15) is 4.79 Å². The Morgan fingerprint density at radius 3 is 2.93 bits per heavy atom. The van der Waals surface area contributed by atoms with Gasteiger partial charge in [0.25, 0.3) is 0 Å². The van der Waals surface area contributed by atoms with E-state index >= 15 is 0 Å². The maximum absolute atomic E-state index is 11.0. The number of aryl methyl sites for hydroxylation is 1. The lowest BCUT2D eigenvalue weighted by molar-refractivity contribution is -0.141. The van der Waals surface area contributed by atoms with Crippen LogP contribution in [0.1, 0.15) is 12.5 Å². The molecule has 0 atom stereocenters. The summed E-state index contributed by atoms with van der Waals surface area (Å²) in [5.74, 6) is -0.266. The molecule has 0 amide bonds. The molecule has 1 rings (SSSR count). The lowest BCUT2D eigenvalue weighted by atomic mass is 10.2. The molecule has 0 spiro atoms. The van der Waals surface area contributed by atoms with Gasteiger partial charge in [0.15, 0.2) is 0 Å². The predicted molar refractivity (Wildman–Crippen MR) is 59.4 cm³/mol. The summed E-state index contributed by atoms with van der Waals surface area (Å²) >= 11 is 0. The van der Waals surface area contributed by atoms with Crippen LogP contribution in [0.5, 0.6) is 0 Å². The zero-order valence-electron chi connectivity index (χ0n) is 9.04. The van der Waals surface area contributed by atoms with Gasteiger partial charge in [-0.2, -0.15) is 0 Å². The summed E-state index contributed by atoms with van der Waals surface area (Å²) in [6.07, 6.45) is 0. The van der Waals surface area contributed by atoms with Gasteiger partial charge in [-0.25, -0.2) is 5.43 Å². The first-order valence-corrected chi connectivity index (χ1v) is 4.93. The van der Waals surface area contributed by atoms with Crippen molar-refractivity contribution in [3.05, 3.63) is 29.8 Å². The number of esters is 1. The van der Waals surface area contributed by atoms with Crippen molar-refractivity contribution in [2.24, 2.45) is 0 Å². The third kappa shape index (κ3) is 4.46. The van der Waals surface area contributed by atoms with E-state index in [1.807, 2.05) is 31.2 Å². The fraction of sp³-hybridized carbons (Fsp3) is 0.364. The van der Waals surface area contributed by atoms with Crippen LogP contribution in [-0.4, -0.2) is 19.1 Å². The van der Waals surface area contributed by atoms with Gasteiger partial charge in [-0.05, 0) is 31.5 Å². The Morgan fingerprint density at radius 1 is 1.47 bits per heavy atom. The number of hydrogen-bond acceptors (Lipinski definition) is 4. The smallest absolute Gasteiger partial charge is 0.321 e. The first kappa shape index (κ1) is 11.5. The molecule has 15 heavy (non-hydrogen) atoms. The number of rotatable bonds is 5. The molecule has 2 N–H and O–H groups in total. The summed E-state index contributed by atoms with van der Waals surface area (Å²) in [6, 6.07) is 7.86. The van der Waals surface area contributed by atoms with Crippen LogP contribution in [0.15, 0.2) is 24.3 Å². The van der Waals surface area contributed by atoms with Crippen LogP contribution >= 0.6 is 0 Å². The Morgan fingerprint density at radius 2 is 2.27 bits per heavy atom. The van der Waals surface area contributed by atoms with Gasteiger partial charge in [0, 0.05) is 5.69 Å². The third-order valence-corrected chi connectivity index (χ3v) is 1.79. The summed E-state index contributed by atoms with van der Waals surface area (Å²) in [5, 5.41) is 0. The molecule has 1 aromatic rings. The van der Waals surface area contributed by atoms with Gasteiger partial charge >= 0.3 is 5.97 Å². The van der Waals surface area contributed by atoms with E-state index < -0.39 is 0 Å². The Bertz CT molecular complexity index is 326. The first-order valence-electron chi connectivity index (χ1n) is 4.93. The normalized spacial score (nSPS) is 9.73. The number of carbonyl (C=O) groups is 1. The largest absolute Gasteiger partial charge is 0.465 e. The quantitative estimate of drug-likeness (QED) is 0.568. The molecule has 82 valence electrons. The third-order valence-electron chi connectivity index (χ3n) is 1.79. The van der Waals surface area contributed by atoms with Gasteiger partial charge in [0.05, 0.1) is 6.61 Å². The van der Waals surface area contributed by atoms with Gasteiger partial charge in [-0.15, -0.1) is 0 Å². The highest BCUT2D eigenvalue weighted by Gasteiger charge is 1.99. The van der Waals surface area contributed by atoms with Crippen molar-refractivity contribution in [2.75, 3.05) is 18.6 Å². The Hall–Kier alpha value is -1.55. The molecule has 4 heteroatoms. The van der Waals surface area contributed by atoms with Crippen molar-refractivity contribution in [1.29, 1.82) is 0 Å². The van der Waals surface area contributed by atoms with Crippen molar-refractivity contribution in [3.8, 4) is 0 Å². The van der Waals surface area contributed by atoms with Crippen molar-refractivity contribution >= 4 is 11.7 Å². The number of anilines is 1. The highest BCUT2D eigenvalue weighted by atomic mass is 16.5. The molecule has 0 bridgehead atoms. The molecule has 0 unspecified atom stereocenters. The predicted octanol–water partition coefficient (Wildman–Crippen LogP) is 1.47. The number of hydrogen-bond donors (Lipinski definition) is 2. The monoisotopic (exact) mass is 208 g/mol. The number of hydrazine groups is 1. The molecular weight excluding hydrogens is 192 g/mol. The average Bonchev–Trinajstić information content (AvgIpc) is 2.18. The summed E-state index contributed by atoms with van der Waals surface area (Å²) in [5.41, 5.74) is 7.81. The van der Waals surface area contributed by atoms with E-state index in [2.05, 4.69) is 10.9 Å². The minimum atomic E-state index is -0.266. The van der Waals surface area contributed by atoms with E-state index in [0.717, 1.165) is 11.3 Å². The fourth-order valence-corrected chi connectivity index (χ4v) is 1.15. The van der Waals surface area contributed by atoms with E-state index in [4.69, 9.17) is 4.74 Å². The molecule has 1 aromatic carbocycles. The lowest BCUT2D eigenvalue weighted by Gasteiger charge is -2.08. The Kier molecular flexibility index (Phi) is 4.63. The standard InChI is InChI=1S/C11H16N2O2/c1-3-15-11(14)8-12-13-10-6-4-5-9(2)7-10/h4-7,12-13H,3,8H2,1-2H3. The average molecular weight is 208 g/mol. The van der Waals surface area contributed by atoms with Gasteiger partial charge < -0.3 is 10.2 Å². The van der Waals surface area contributed by atoms with E-state index in [1.165, 1.54) is 0 Å². The maximum Gasteiger partial charge on any atom is 0.321 e. The van der Waals surface area contributed by atoms with Crippen LogP contribution in [-0.2, 0) is 9.53 Å². The number of ether oxygens (including phenoxy) is 1. The van der Waals surface area contributed by atoms with E-state index in [-0.39, 0.29) is 12.5 Å². The number of benzene rings is 1. The van der Waals surface area contributed by atoms with Gasteiger partial charge in [-0.3, -0.25) is 4.79 Å². The SMILES string of the molecule is CCOC(=O)CNNc1cccc(C)c1. The molecule has 0 heterocycles. The van der Waals surface area contributed by atoms with Crippen molar-refractivity contribution < 1.29 is 9.53 Å². The minimum absolute atomic E-state index is 0.155. The van der Waals surface area contributed by atoms with Crippen LogP contribution < -0.4 is 10.9 Å². The molecule has 4 nitrogen and oxygen atoms in total. The molecule has 0 saturated heterocycles. The van der Waals surface area contributed by atoms with E-state index in [1.54, 1.807) is 6.92 Å². The summed E-state index contributed by atoms with van der Waals surface area (Å²) < 4.78 is 4.76. The lowest BCUT2D eigenvalue weighted by Crippen LogP contribution is -2.29. The van der Waals surface area contributed by atoms with Crippen molar-refractivity contribution in [2.45, 2.75) is 13.8 Å². The molecule has 0 aromatic heterocycles. The van der Waals surface area contributed by atoms with Gasteiger partial charge in [0.2, 0.25) is 0 Å². The Labute approximate surface area is 89.6 Å². The molecule has 0 saturated carbocycles. The molecule has 0 aliphatic heterocycles. The molecular formula is C11H16N2O2. The van der Waals surface area contributed by atoms with Crippen LogP contribution in [0, 0.1) is 6.92 Å². The topological polar surface area (TPSA) is 50.4 Å². The summed E-state index contributed by atoms with van der Waals surface area (Å²) in [6.45, 7) is 4.36. The second kappa shape index (κ2) is 6.03. The zero-order chi connectivity index (χ0) is 11.1. The van der Waals surface area contributed by atoms with Gasteiger partial charge in [0.1, 0.15) is 6.54 Å². The first-order chi connectivity index (χ1) is 7.22. The second-order valence-corrected chi connectivity index (χ2v) is 3.15. The Balaban J connectivity index is 2.28. The highest BCUT2D eigenvalue weighted by Crippen LogP contribution is 2.07. The molecule has 0 fully saturated rings. The molecule has 0 aliphatic rings. The fourth-order valence-electron chi connectivity index (χ4n) is 1.15. The van der Waals surface area contributed by atoms with Crippen LogP contribution in [0.2, 0.25) is 0 Å². The van der Waals surface area contributed by atoms with Crippen LogP contribution in [0.25, 0.3) is 0 Å². The van der Waals surface area contributed by atoms with Crippen molar-refractivity contribution in [3.63, 3.8) is 0 Å². The second-order valence-electron chi connectivity index (χ2n) is 3.15. The van der Waals surface area contributed by atoms with E-state index in [0.29, 0.717) is 6.61 Å². The minimum Gasteiger partial charge on any atom is -0.465 e. The number of carbonyl (C=O) groups excluding carboxylic acids is 1. The van der Waals surface area contributed by atoms with Crippen molar-refractivity contribution in [1.82, 2.24) is 5.43 Å². The zero-order valence-corrected chi connectivity index (χ0v) is 9.04. The number of nitrogens with one attached hydrogen (secondary N) is 2. The van der Waals surface area contributed by atoms with Gasteiger partial charge in [-0.1, -0.05) is 12.1 Å². The summed E-state index contributed by atoms with van der Waals surface area (Å²) in [4.78, 5) is 11.0. The van der Waals surface area contributed by atoms with Crippen LogP contribution in [0.3, 0.4) is 0 Å². The van der Waals surface area contributed by atoms with Crippen LogP contribution in [0.4, 0.5) is 5.69 Å². The molecule has 0 radical (unpaired) electrons. The molecule has 0 aliphatic carbocycles. The summed E-state index contributed by atoms with van der Waals surface area (Å²) in [7, 11) is 0. The maximum atomic E-state index is 11.0. The highest BCUT2D eigenvalue weighted by molar-refractivity contribution is 5.71.